The van der Waals surface area contributed by atoms with Gasteiger partial charge in [-0.25, -0.2) is 0 Å². The van der Waals surface area contributed by atoms with E-state index in [1.807, 2.05) is 6.07 Å². The molecule has 1 unspecified atom stereocenters. The number of hydrogen-bond acceptors (Lipinski definition) is 4. The van der Waals surface area contributed by atoms with E-state index in [0.29, 0.717) is 12.8 Å². The van der Waals surface area contributed by atoms with Crippen molar-refractivity contribution in [1.29, 1.82) is 5.26 Å². The van der Waals surface area contributed by atoms with Crippen LogP contribution in [0.5, 0.6) is 0 Å². The normalized spacial score (nSPS) is 19.9. The number of nitrogens with one attached hydrogen (secondary N) is 2. The van der Waals surface area contributed by atoms with Crippen molar-refractivity contribution < 1.29 is 14.4 Å². The molecule has 0 aliphatic carbocycles. The van der Waals surface area contributed by atoms with E-state index in [4.69, 9.17) is 5.26 Å². The van der Waals surface area contributed by atoms with Crippen LogP contribution in [0, 0.1) is 16.7 Å². The molecule has 1 heterocycles. The SMILES string of the molecule is CCC(C#N)(CC)C(=O)NC1CCC(=O)NC1=O. The molecule has 6 heteroatoms. The van der Waals surface area contributed by atoms with Gasteiger partial charge in [-0.3, -0.25) is 19.7 Å². The van der Waals surface area contributed by atoms with Crippen LogP contribution in [0.4, 0.5) is 0 Å². The van der Waals surface area contributed by atoms with Gasteiger partial charge in [-0.2, -0.15) is 5.26 Å². The quantitative estimate of drug-likeness (QED) is 0.699. The Labute approximate surface area is 106 Å². The maximum atomic E-state index is 12.1. The van der Waals surface area contributed by atoms with Gasteiger partial charge in [-0.05, 0) is 19.3 Å². The Bertz CT molecular complexity index is 407. The van der Waals surface area contributed by atoms with Gasteiger partial charge in [-0.15, -0.1) is 0 Å². The summed E-state index contributed by atoms with van der Waals surface area (Å²) in [6, 6.07) is 1.30. The second-order valence-electron chi connectivity index (χ2n) is 4.38. The summed E-state index contributed by atoms with van der Waals surface area (Å²) in [5.74, 6) is -1.27. The van der Waals surface area contributed by atoms with Crippen LogP contribution in [-0.4, -0.2) is 23.8 Å². The number of carbonyl (C=O) groups excluding carboxylic acids is 3. The molecule has 1 aliphatic heterocycles. The lowest BCUT2D eigenvalue weighted by atomic mass is 9.82. The fourth-order valence-corrected chi connectivity index (χ4v) is 1.91. The predicted octanol–water partition coefficient (Wildman–Crippen LogP) is 0.238. The van der Waals surface area contributed by atoms with E-state index >= 15 is 0 Å². The molecule has 0 aromatic carbocycles. The molecule has 0 aromatic heterocycles. The molecule has 1 rings (SSSR count). The maximum Gasteiger partial charge on any atom is 0.249 e. The van der Waals surface area contributed by atoms with Gasteiger partial charge in [0.25, 0.3) is 0 Å². The van der Waals surface area contributed by atoms with Gasteiger partial charge in [0.1, 0.15) is 11.5 Å². The highest BCUT2D eigenvalue weighted by molar-refractivity contribution is 6.02. The number of nitrogens with zero attached hydrogens (tertiary/aromatic N) is 1. The molecule has 2 N–H and O–H groups in total. The van der Waals surface area contributed by atoms with Crippen LogP contribution in [0.1, 0.15) is 39.5 Å². The summed E-state index contributed by atoms with van der Waals surface area (Å²) in [7, 11) is 0. The first-order chi connectivity index (χ1) is 8.49. The molecule has 6 nitrogen and oxygen atoms in total. The molecule has 0 bridgehead atoms. The smallest absolute Gasteiger partial charge is 0.249 e. The van der Waals surface area contributed by atoms with E-state index in [9.17, 15) is 14.4 Å². The molecule has 0 radical (unpaired) electrons. The van der Waals surface area contributed by atoms with Gasteiger partial charge < -0.3 is 5.32 Å². The molecule has 0 aromatic rings. The van der Waals surface area contributed by atoms with Gasteiger partial charge in [-0.1, -0.05) is 13.8 Å². The van der Waals surface area contributed by atoms with Crippen LogP contribution in [0.2, 0.25) is 0 Å². The Morgan fingerprint density at radius 2 is 2.11 bits per heavy atom. The third kappa shape index (κ3) is 2.67. The van der Waals surface area contributed by atoms with E-state index in [-0.39, 0.29) is 18.7 Å². The van der Waals surface area contributed by atoms with Gasteiger partial charge >= 0.3 is 0 Å². The fourth-order valence-electron chi connectivity index (χ4n) is 1.91. The minimum atomic E-state index is -1.10. The summed E-state index contributed by atoms with van der Waals surface area (Å²) in [6.07, 6.45) is 1.26. The topological polar surface area (TPSA) is 99.1 Å². The summed E-state index contributed by atoms with van der Waals surface area (Å²) in [5, 5.41) is 13.8. The number of carbonyl (C=O) groups is 3. The minimum Gasteiger partial charge on any atom is -0.343 e. The zero-order chi connectivity index (χ0) is 13.8. The van der Waals surface area contributed by atoms with Crippen LogP contribution in [0.25, 0.3) is 0 Å². The van der Waals surface area contributed by atoms with Crippen LogP contribution in [0.15, 0.2) is 0 Å². The number of rotatable bonds is 4. The van der Waals surface area contributed by atoms with E-state index < -0.39 is 23.3 Å². The average molecular weight is 251 g/mol. The standard InChI is InChI=1S/C12H17N3O3/c1-3-12(4-2,7-13)11(18)14-8-5-6-9(16)15-10(8)17/h8H,3-6H2,1-2H3,(H,14,18)(H,15,16,17). The van der Waals surface area contributed by atoms with Crippen LogP contribution in [-0.2, 0) is 14.4 Å². The van der Waals surface area contributed by atoms with Crippen molar-refractivity contribution in [3.63, 3.8) is 0 Å². The van der Waals surface area contributed by atoms with E-state index in [1.54, 1.807) is 13.8 Å². The summed E-state index contributed by atoms with van der Waals surface area (Å²) < 4.78 is 0. The van der Waals surface area contributed by atoms with Crippen molar-refractivity contribution in [3.05, 3.63) is 0 Å². The van der Waals surface area contributed by atoms with Crippen molar-refractivity contribution in [3.8, 4) is 6.07 Å². The molecule has 0 spiro atoms. The summed E-state index contributed by atoms with van der Waals surface area (Å²) in [4.78, 5) is 34.5. The second-order valence-corrected chi connectivity index (χ2v) is 4.38. The molecular formula is C12H17N3O3. The van der Waals surface area contributed by atoms with Crippen LogP contribution >= 0.6 is 0 Å². The molecule has 1 saturated heterocycles. The fraction of sp³-hybridized carbons (Fsp3) is 0.667. The number of piperidine rings is 1. The number of hydrogen-bond donors (Lipinski definition) is 2. The molecule has 98 valence electrons. The highest BCUT2D eigenvalue weighted by Crippen LogP contribution is 2.25. The van der Waals surface area contributed by atoms with E-state index in [1.165, 1.54) is 0 Å². The van der Waals surface area contributed by atoms with Gasteiger partial charge in [0.15, 0.2) is 0 Å². The monoisotopic (exact) mass is 251 g/mol. The minimum absolute atomic E-state index is 0.203. The largest absolute Gasteiger partial charge is 0.343 e. The Balaban J connectivity index is 2.73. The highest BCUT2D eigenvalue weighted by atomic mass is 16.2. The summed E-state index contributed by atoms with van der Waals surface area (Å²) >= 11 is 0. The molecule has 0 saturated carbocycles. The summed E-state index contributed by atoms with van der Waals surface area (Å²) in [6.45, 7) is 3.52. The predicted molar refractivity (Wildman–Crippen MR) is 62.9 cm³/mol. The zero-order valence-corrected chi connectivity index (χ0v) is 10.6. The van der Waals surface area contributed by atoms with Crippen LogP contribution in [0.3, 0.4) is 0 Å². The molecular weight excluding hydrogens is 234 g/mol. The van der Waals surface area contributed by atoms with Crippen molar-refractivity contribution in [2.24, 2.45) is 5.41 Å². The molecule has 1 fully saturated rings. The number of imide groups is 1. The summed E-state index contributed by atoms with van der Waals surface area (Å²) in [5.41, 5.74) is -1.10. The maximum absolute atomic E-state index is 12.1. The lowest BCUT2D eigenvalue weighted by Crippen LogP contribution is -2.55. The van der Waals surface area contributed by atoms with Crippen LogP contribution < -0.4 is 10.6 Å². The van der Waals surface area contributed by atoms with Crippen molar-refractivity contribution in [2.75, 3.05) is 0 Å². The highest BCUT2D eigenvalue weighted by Gasteiger charge is 2.38. The number of amides is 3. The van der Waals surface area contributed by atoms with Gasteiger partial charge in [0, 0.05) is 6.42 Å². The van der Waals surface area contributed by atoms with E-state index in [2.05, 4.69) is 10.6 Å². The first kappa shape index (κ1) is 14.2. The Morgan fingerprint density at radius 1 is 1.50 bits per heavy atom. The van der Waals surface area contributed by atoms with Crippen molar-refractivity contribution in [2.45, 2.75) is 45.6 Å². The average Bonchev–Trinajstić information content (AvgIpc) is 2.36. The van der Waals surface area contributed by atoms with Gasteiger partial charge in [0.05, 0.1) is 6.07 Å². The van der Waals surface area contributed by atoms with Crippen molar-refractivity contribution in [1.82, 2.24) is 10.6 Å². The Hall–Kier alpha value is -1.90. The van der Waals surface area contributed by atoms with Gasteiger partial charge in [0.2, 0.25) is 17.7 Å². The van der Waals surface area contributed by atoms with E-state index in [0.717, 1.165) is 0 Å². The molecule has 3 amide bonds. The lowest BCUT2D eigenvalue weighted by Gasteiger charge is -2.27. The molecule has 1 atom stereocenters. The Kier molecular flexibility index (Phi) is 4.43. The first-order valence-corrected chi connectivity index (χ1v) is 6.05. The second kappa shape index (κ2) is 5.63. The third-order valence-electron chi connectivity index (χ3n) is 3.40. The van der Waals surface area contributed by atoms with Crippen molar-refractivity contribution >= 4 is 17.7 Å². The number of nitriles is 1. The third-order valence-corrected chi connectivity index (χ3v) is 3.40. The Morgan fingerprint density at radius 3 is 2.56 bits per heavy atom. The lowest BCUT2D eigenvalue weighted by molar-refractivity contribution is -0.139. The zero-order valence-electron chi connectivity index (χ0n) is 10.6. The molecule has 18 heavy (non-hydrogen) atoms. The molecule has 1 aliphatic rings. The first-order valence-electron chi connectivity index (χ1n) is 6.05.